The van der Waals surface area contributed by atoms with Crippen LogP contribution >= 0.6 is 15.9 Å². The van der Waals surface area contributed by atoms with Crippen LogP contribution in [-0.4, -0.2) is 37.4 Å². The smallest absolute Gasteiger partial charge is 0.349 e. The Morgan fingerprint density at radius 3 is 2.63 bits per heavy atom. The molecule has 102 valence electrons. The SMILES string of the molecule is CN1CCCC/C1=N/C(=O)N(C)c1ccc(Br)cc1. The molecule has 0 radical (unpaired) electrons. The van der Waals surface area contributed by atoms with Crippen molar-refractivity contribution in [2.24, 2.45) is 4.99 Å². The van der Waals surface area contributed by atoms with E-state index in [9.17, 15) is 4.79 Å². The average molecular weight is 324 g/mol. The summed E-state index contributed by atoms with van der Waals surface area (Å²) in [4.78, 5) is 20.0. The van der Waals surface area contributed by atoms with Gasteiger partial charge in [0.25, 0.3) is 0 Å². The Kier molecular flexibility index (Phi) is 4.58. The lowest BCUT2D eigenvalue weighted by Gasteiger charge is -2.26. The zero-order valence-corrected chi connectivity index (χ0v) is 12.9. The molecule has 1 aromatic carbocycles. The lowest BCUT2D eigenvalue weighted by molar-refractivity contribution is 0.254. The third-order valence-electron chi connectivity index (χ3n) is 3.31. The van der Waals surface area contributed by atoms with Gasteiger partial charge in [-0.3, -0.25) is 4.90 Å². The Morgan fingerprint density at radius 1 is 1.32 bits per heavy atom. The predicted molar refractivity (Wildman–Crippen MR) is 81.9 cm³/mol. The molecule has 1 fully saturated rings. The van der Waals surface area contributed by atoms with Gasteiger partial charge in [-0.05, 0) is 37.1 Å². The molecule has 4 nitrogen and oxygen atoms in total. The fourth-order valence-electron chi connectivity index (χ4n) is 2.05. The number of urea groups is 1. The number of likely N-dealkylation sites (tertiary alicyclic amines) is 1. The summed E-state index contributed by atoms with van der Waals surface area (Å²) >= 11 is 3.38. The molecule has 1 aliphatic heterocycles. The first kappa shape index (κ1) is 14.1. The van der Waals surface area contributed by atoms with Crippen LogP contribution in [0.3, 0.4) is 0 Å². The molecule has 0 bridgehead atoms. The molecule has 2 rings (SSSR count). The Morgan fingerprint density at radius 2 is 2.00 bits per heavy atom. The maximum absolute atomic E-state index is 12.1. The molecule has 0 aliphatic carbocycles. The van der Waals surface area contributed by atoms with Crippen LogP contribution in [0.25, 0.3) is 0 Å². The highest BCUT2D eigenvalue weighted by Crippen LogP contribution is 2.18. The van der Waals surface area contributed by atoms with Crippen LogP contribution in [-0.2, 0) is 0 Å². The van der Waals surface area contributed by atoms with E-state index in [1.165, 1.54) is 6.42 Å². The first-order valence-corrected chi connectivity index (χ1v) is 7.19. The van der Waals surface area contributed by atoms with E-state index < -0.39 is 0 Å². The van der Waals surface area contributed by atoms with Gasteiger partial charge in [-0.15, -0.1) is 0 Å². The number of piperidine rings is 1. The first-order valence-electron chi connectivity index (χ1n) is 6.40. The number of rotatable bonds is 1. The highest BCUT2D eigenvalue weighted by Gasteiger charge is 2.16. The summed E-state index contributed by atoms with van der Waals surface area (Å²) < 4.78 is 0.996. The molecule has 0 spiro atoms. The number of amides is 2. The van der Waals surface area contributed by atoms with Gasteiger partial charge in [0.2, 0.25) is 0 Å². The second-order valence-electron chi connectivity index (χ2n) is 4.72. The van der Waals surface area contributed by atoms with Crippen molar-refractivity contribution in [1.29, 1.82) is 0 Å². The third kappa shape index (κ3) is 3.56. The van der Waals surface area contributed by atoms with E-state index in [1.54, 1.807) is 11.9 Å². The van der Waals surface area contributed by atoms with Crippen molar-refractivity contribution in [3.05, 3.63) is 28.7 Å². The van der Waals surface area contributed by atoms with E-state index in [4.69, 9.17) is 0 Å². The van der Waals surface area contributed by atoms with Crippen molar-refractivity contribution >= 4 is 33.5 Å². The van der Waals surface area contributed by atoms with Crippen molar-refractivity contribution in [3.8, 4) is 0 Å². The second-order valence-corrected chi connectivity index (χ2v) is 5.64. The van der Waals surface area contributed by atoms with Gasteiger partial charge < -0.3 is 4.90 Å². The number of anilines is 1. The Balaban J connectivity index is 2.10. The molecule has 0 aromatic heterocycles. The molecular weight excluding hydrogens is 306 g/mol. The number of carbonyl (C=O) groups is 1. The van der Waals surface area contributed by atoms with E-state index in [2.05, 4.69) is 25.8 Å². The van der Waals surface area contributed by atoms with Gasteiger partial charge in [0.15, 0.2) is 0 Å². The lowest BCUT2D eigenvalue weighted by Crippen LogP contribution is -2.34. The number of nitrogens with zero attached hydrogens (tertiary/aromatic N) is 3. The van der Waals surface area contributed by atoms with Crippen molar-refractivity contribution < 1.29 is 4.79 Å². The van der Waals surface area contributed by atoms with Crippen LogP contribution < -0.4 is 4.90 Å². The van der Waals surface area contributed by atoms with Crippen LogP contribution in [0.5, 0.6) is 0 Å². The lowest BCUT2D eigenvalue weighted by atomic mass is 10.1. The Hall–Kier alpha value is -1.36. The molecule has 19 heavy (non-hydrogen) atoms. The average Bonchev–Trinajstić information content (AvgIpc) is 2.41. The van der Waals surface area contributed by atoms with Crippen molar-refractivity contribution in [3.63, 3.8) is 0 Å². The molecule has 1 saturated heterocycles. The largest absolute Gasteiger partial charge is 0.363 e. The minimum atomic E-state index is -0.217. The Labute approximate surface area is 122 Å². The molecule has 1 aliphatic rings. The molecule has 0 unspecified atom stereocenters. The van der Waals surface area contributed by atoms with Crippen LogP contribution in [0, 0.1) is 0 Å². The topological polar surface area (TPSA) is 35.9 Å². The number of hydrogen-bond acceptors (Lipinski definition) is 1. The molecule has 2 amide bonds. The van der Waals surface area contributed by atoms with Gasteiger partial charge in [-0.2, -0.15) is 4.99 Å². The summed E-state index contributed by atoms with van der Waals surface area (Å²) in [6, 6.07) is 7.41. The van der Waals surface area contributed by atoms with Gasteiger partial charge in [-0.25, -0.2) is 4.79 Å². The van der Waals surface area contributed by atoms with Gasteiger partial charge in [0.1, 0.15) is 5.84 Å². The maximum Gasteiger partial charge on any atom is 0.349 e. The van der Waals surface area contributed by atoms with E-state index in [0.717, 1.165) is 35.4 Å². The van der Waals surface area contributed by atoms with E-state index in [0.29, 0.717) is 0 Å². The van der Waals surface area contributed by atoms with Crippen LogP contribution in [0.1, 0.15) is 19.3 Å². The summed E-state index contributed by atoms with van der Waals surface area (Å²) in [5, 5.41) is 0. The maximum atomic E-state index is 12.1. The van der Waals surface area contributed by atoms with Crippen LogP contribution in [0.15, 0.2) is 33.7 Å². The molecule has 0 N–H and O–H groups in total. The quantitative estimate of drug-likeness (QED) is 0.792. The zero-order chi connectivity index (χ0) is 13.8. The highest BCUT2D eigenvalue weighted by atomic mass is 79.9. The van der Waals surface area contributed by atoms with Gasteiger partial charge in [-0.1, -0.05) is 15.9 Å². The molecule has 0 atom stereocenters. The van der Waals surface area contributed by atoms with E-state index in [-0.39, 0.29) is 6.03 Å². The fraction of sp³-hybridized carbons (Fsp3) is 0.429. The van der Waals surface area contributed by atoms with E-state index in [1.807, 2.05) is 31.3 Å². The molecule has 0 saturated carbocycles. The van der Waals surface area contributed by atoms with Gasteiger partial charge in [0.05, 0.1) is 0 Å². The summed E-state index contributed by atoms with van der Waals surface area (Å²) in [7, 11) is 3.74. The number of benzene rings is 1. The summed E-state index contributed by atoms with van der Waals surface area (Å²) in [5.41, 5.74) is 0.844. The molecule has 1 aromatic rings. The van der Waals surface area contributed by atoms with E-state index >= 15 is 0 Å². The summed E-state index contributed by atoms with van der Waals surface area (Å²) in [5.74, 6) is 0.889. The standard InChI is InChI=1S/C14H18BrN3O/c1-17-10-4-3-5-13(17)16-14(19)18(2)12-8-6-11(15)7-9-12/h6-9H,3-5,10H2,1-2H3/b16-13-. The van der Waals surface area contributed by atoms with Crippen molar-refractivity contribution in [2.45, 2.75) is 19.3 Å². The highest BCUT2D eigenvalue weighted by molar-refractivity contribution is 9.10. The van der Waals surface area contributed by atoms with Gasteiger partial charge in [0, 0.05) is 37.2 Å². The molecule has 5 heteroatoms. The van der Waals surface area contributed by atoms with Crippen molar-refractivity contribution in [1.82, 2.24) is 4.90 Å². The Bertz CT molecular complexity index is 484. The molecular formula is C14H18BrN3O. The number of aliphatic imine (C=N–C) groups is 1. The molecule has 1 heterocycles. The summed E-state index contributed by atoms with van der Waals surface area (Å²) in [6.07, 6.45) is 3.17. The second kappa shape index (κ2) is 6.19. The number of halogens is 1. The van der Waals surface area contributed by atoms with Crippen LogP contribution in [0.4, 0.5) is 10.5 Å². The predicted octanol–water partition coefficient (Wildman–Crippen LogP) is 3.52. The zero-order valence-electron chi connectivity index (χ0n) is 11.3. The minimum absolute atomic E-state index is 0.217. The van der Waals surface area contributed by atoms with Crippen LogP contribution in [0.2, 0.25) is 0 Å². The third-order valence-corrected chi connectivity index (χ3v) is 3.84. The number of amidine groups is 1. The number of hydrogen-bond donors (Lipinski definition) is 0. The van der Waals surface area contributed by atoms with Crippen molar-refractivity contribution in [2.75, 3.05) is 25.5 Å². The fourth-order valence-corrected chi connectivity index (χ4v) is 2.32. The minimum Gasteiger partial charge on any atom is -0.363 e. The summed E-state index contributed by atoms with van der Waals surface area (Å²) in [6.45, 7) is 0.980. The monoisotopic (exact) mass is 323 g/mol. The first-order chi connectivity index (χ1) is 9.08. The number of carbonyl (C=O) groups excluding carboxylic acids is 1. The normalized spacial score (nSPS) is 17.6. The van der Waals surface area contributed by atoms with Gasteiger partial charge >= 0.3 is 6.03 Å².